The van der Waals surface area contributed by atoms with Crippen LogP contribution in [0, 0.1) is 0 Å². The van der Waals surface area contributed by atoms with Gasteiger partial charge in [-0.1, -0.05) is 30.3 Å². The number of nitrogens with zero attached hydrogens (tertiary/aromatic N) is 3. The average Bonchev–Trinajstić information content (AvgIpc) is 2.72. The first kappa shape index (κ1) is 24.0. The first-order valence-electron chi connectivity index (χ1n) is 10.6. The normalized spacial score (nSPS) is 15.4. The Balaban J connectivity index is 1.51. The maximum absolute atomic E-state index is 12.1. The summed E-state index contributed by atoms with van der Waals surface area (Å²) in [6.45, 7) is 11.1. The maximum atomic E-state index is 12.1. The van der Waals surface area contributed by atoms with Gasteiger partial charge in [0, 0.05) is 39.3 Å². The summed E-state index contributed by atoms with van der Waals surface area (Å²) < 4.78 is 16.6. The van der Waals surface area contributed by atoms with Crippen LogP contribution in [-0.4, -0.2) is 80.0 Å². The zero-order chi connectivity index (χ0) is 21.8. The van der Waals surface area contributed by atoms with Crippen molar-refractivity contribution in [2.24, 2.45) is 10.7 Å². The fraction of sp³-hybridized carbons (Fsp3) is 0.636. The minimum Gasteiger partial charge on any atom is -0.444 e. The molecule has 1 aliphatic heterocycles. The Kier molecular flexibility index (Phi) is 9.89. The molecule has 168 valence electrons. The first-order valence-corrected chi connectivity index (χ1v) is 10.6. The van der Waals surface area contributed by atoms with Crippen LogP contribution >= 0.6 is 0 Å². The number of carbonyl (C=O) groups is 1. The topological polar surface area (TPSA) is 89.6 Å². The van der Waals surface area contributed by atoms with Crippen molar-refractivity contribution >= 4 is 12.1 Å². The molecule has 0 spiro atoms. The summed E-state index contributed by atoms with van der Waals surface area (Å²) in [5.74, 6) is 0.519. The molecule has 0 aromatic heterocycles. The molecule has 8 heteroatoms. The van der Waals surface area contributed by atoms with Gasteiger partial charge in [0.15, 0.2) is 5.96 Å². The van der Waals surface area contributed by atoms with E-state index in [9.17, 15) is 4.79 Å². The van der Waals surface area contributed by atoms with Crippen LogP contribution in [-0.2, 0) is 20.8 Å². The Morgan fingerprint density at radius 1 is 1.00 bits per heavy atom. The van der Waals surface area contributed by atoms with Gasteiger partial charge in [0.1, 0.15) is 5.60 Å². The Morgan fingerprint density at radius 3 is 2.30 bits per heavy atom. The highest BCUT2D eigenvalue weighted by Crippen LogP contribution is 2.11. The number of benzene rings is 1. The third kappa shape index (κ3) is 9.45. The lowest BCUT2D eigenvalue weighted by molar-refractivity contribution is 0.0186. The van der Waals surface area contributed by atoms with E-state index in [0.717, 1.165) is 12.0 Å². The SMILES string of the molecule is CC(C)(C)OC(=O)N1CCN(C(N)=NCCCOCCOCc2ccccc2)CC1. The van der Waals surface area contributed by atoms with E-state index in [1.165, 1.54) is 0 Å². The zero-order valence-electron chi connectivity index (χ0n) is 18.5. The largest absolute Gasteiger partial charge is 0.444 e. The lowest BCUT2D eigenvalue weighted by atomic mass is 10.2. The van der Waals surface area contributed by atoms with Crippen molar-refractivity contribution in [3.05, 3.63) is 35.9 Å². The van der Waals surface area contributed by atoms with Gasteiger partial charge in [0.25, 0.3) is 0 Å². The fourth-order valence-electron chi connectivity index (χ4n) is 2.89. The highest BCUT2D eigenvalue weighted by atomic mass is 16.6. The molecule has 1 aromatic carbocycles. The number of hydrogen-bond acceptors (Lipinski definition) is 5. The van der Waals surface area contributed by atoms with E-state index >= 15 is 0 Å². The highest BCUT2D eigenvalue weighted by molar-refractivity contribution is 5.78. The van der Waals surface area contributed by atoms with Crippen molar-refractivity contribution in [2.75, 3.05) is 52.5 Å². The monoisotopic (exact) mass is 420 g/mol. The lowest BCUT2D eigenvalue weighted by Crippen LogP contribution is -2.53. The highest BCUT2D eigenvalue weighted by Gasteiger charge is 2.26. The molecule has 0 radical (unpaired) electrons. The number of ether oxygens (including phenoxy) is 3. The minimum absolute atomic E-state index is 0.275. The molecule has 1 aromatic rings. The first-order chi connectivity index (χ1) is 14.3. The molecule has 2 rings (SSSR count). The zero-order valence-corrected chi connectivity index (χ0v) is 18.5. The quantitative estimate of drug-likeness (QED) is 0.375. The van der Waals surface area contributed by atoms with Crippen molar-refractivity contribution < 1.29 is 19.0 Å². The number of aliphatic imine (C=N–C) groups is 1. The van der Waals surface area contributed by atoms with Crippen LogP contribution in [0.5, 0.6) is 0 Å². The van der Waals surface area contributed by atoms with Gasteiger partial charge in [-0.3, -0.25) is 4.99 Å². The summed E-state index contributed by atoms with van der Waals surface area (Å²) >= 11 is 0. The molecule has 0 aliphatic carbocycles. The summed E-state index contributed by atoms with van der Waals surface area (Å²) in [6.07, 6.45) is 0.527. The molecule has 0 atom stereocenters. The number of hydrogen-bond donors (Lipinski definition) is 1. The van der Waals surface area contributed by atoms with Crippen molar-refractivity contribution in [3.63, 3.8) is 0 Å². The molecule has 8 nitrogen and oxygen atoms in total. The van der Waals surface area contributed by atoms with Crippen LogP contribution < -0.4 is 5.73 Å². The molecular weight excluding hydrogens is 384 g/mol. The third-order valence-electron chi connectivity index (χ3n) is 4.46. The third-order valence-corrected chi connectivity index (χ3v) is 4.46. The average molecular weight is 421 g/mol. The van der Waals surface area contributed by atoms with Crippen LogP contribution in [0.4, 0.5) is 4.79 Å². The Bertz CT molecular complexity index is 653. The van der Waals surface area contributed by atoms with Crippen molar-refractivity contribution in [1.82, 2.24) is 9.80 Å². The van der Waals surface area contributed by atoms with Gasteiger partial charge in [-0.2, -0.15) is 0 Å². The van der Waals surface area contributed by atoms with Crippen LogP contribution in [0.15, 0.2) is 35.3 Å². The summed E-state index contributed by atoms with van der Waals surface area (Å²) in [4.78, 5) is 20.2. The van der Waals surface area contributed by atoms with E-state index < -0.39 is 5.60 Å². The Hall–Kier alpha value is -2.32. The van der Waals surface area contributed by atoms with Crippen LogP contribution in [0.25, 0.3) is 0 Å². The molecule has 1 saturated heterocycles. The van der Waals surface area contributed by atoms with E-state index in [2.05, 4.69) is 4.99 Å². The van der Waals surface area contributed by atoms with E-state index in [1.54, 1.807) is 4.90 Å². The van der Waals surface area contributed by atoms with Crippen molar-refractivity contribution in [1.29, 1.82) is 0 Å². The molecular formula is C22H36N4O4. The molecule has 0 saturated carbocycles. The van der Waals surface area contributed by atoms with Crippen molar-refractivity contribution in [2.45, 2.75) is 39.4 Å². The van der Waals surface area contributed by atoms with Gasteiger partial charge in [-0.15, -0.1) is 0 Å². The van der Waals surface area contributed by atoms with Gasteiger partial charge in [0.05, 0.1) is 19.8 Å². The Labute approximate surface area is 180 Å². The summed E-state index contributed by atoms with van der Waals surface area (Å²) in [5, 5.41) is 0. The summed E-state index contributed by atoms with van der Waals surface area (Å²) in [7, 11) is 0. The van der Waals surface area contributed by atoms with E-state index in [4.69, 9.17) is 19.9 Å². The minimum atomic E-state index is -0.481. The standard InChI is InChI=1S/C22H36N4O4/c1-22(2,3)30-21(27)26-13-11-25(12-14-26)20(23)24-10-7-15-28-16-17-29-18-19-8-5-4-6-9-19/h4-6,8-9H,7,10-18H2,1-3H3,(H2,23,24). The number of piperazine rings is 1. The smallest absolute Gasteiger partial charge is 0.410 e. The summed E-state index contributed by atoms with van der Waals surface area (Å²) in [5.41, 5.74) is 6.77. The van der Waals surface area contributed by atoms with E-state index in [1.807, 2.05) is 56.0 Å². The summed E-state index contributed by atoms with van der Waals surface area (Å²) in [6, 6.07) is 10.1. The van der Waals surface area contributed by atoms with Crippen LogP contribution in [0.2, 0.25) is 0 Å². The number of guanidine groups is 1. The van der Waals surface area contributed by atoms with Gasteiger partial charge in [0.2, 0.25) is 0 Å². The van der Waals surface area contributed by atoms with Crippen molar-refractivity contribution in [3.8, 4) is 0 Å². The molecule has 1 fully saturated rings. The van der Waals surface area contributed by atoms with Crippen LogP contribution in [0.3, 0.4) is 0 Å². The second-order valence-electron chi connectivity index (χ2n) is 8.20. The van der Waals surface area contributed by atoms with E-state index in [0.29, 0.717) is 65.1 Å². The number of amides is 1. The van der Waals surface area contributed by atoms with Gasteiger partial charge in [-0.05, 0) is 32.8 Å². The van der Waals surface area contributed by atoms with Gasteiger partial charge in [-0.25, -0.2) is 4.79 Å². The van der Waals surface area contributed by atoms with E-state index in [-0.39, 0.29) is 6.09 Å². The molecule has 0 bridgehead atoms. The maximum Gasteiger partial charge on any atom is 0.410 e. The lowest BCUT2D eigenvalue weighted by Gasteiger charge is -2.36. The number of nitrogens with two attached hydrogens (primary N) is 1. The molecule has 1 heterocycles. The second kappa shape index (κ2) is 12.4. The predicted molar refractivity (Wildman–Crippen MR) is 117 cm³/mol. The number of carbonyl (C=O) groups excluding carboxylic acids is 1. The number of rotatable bonds is 9. The molecule has 1 aliphatic rings. The second-order valence-corrected chi connectivity index (χ2v) is 8.20. The van der Waals surface area contributed by atoms with Crippen LogP contribution in [0.1, 0.15) is 32.8 Å². The molecule has 30 heavy (non-hydrogen) atoms. The molecule has 0 unspecified atom stereocenters. The van der Waals surface area contributed by atoms with Gasteiger partial charge < -0.3 is 29.7 Å². The fourth-order valence-corrected chi connectivity index (χ4v) is 2.89. The Morgan fingerprint density at radius 2 is 1.63 bits per heavy atom. The molecule has 2 N–H and O–H groups in total. The molecule has 1 amide bonds. The van der Waals surface area contributed by atoms with Gasteiger partial charge >= 0.3 is 6.09 Å². The predicted octanol–water partition coefficient (Wildman–Crippen LogP) is 2.48.